The lowest BCUT2D eigenvalue weighted by atomic mass is 9.98. The van der Waals surface area contributed by atoms with Crippen molar-refractivity contribution in [1.29, 1.82) is 0 Å². The number of anilines is 2. The molecule has 0 spiro atoms. The highest BCUT2D eigenvalue weighted by atomic mass is 16.2. The molecule has 1 heterocycles. The second-order valence-corrected chi connectivity index (χ2v) is 6.06. The van der Waals surface area contributed by atoms with Gasteiger partial charge in [-0.3, -0.25) is 4.79 Å². The summed E-state index contributed by atoms with van der Waals surface area (Å²) in [6.07, 6.45) is 6.20. The molecule has 0 atom stereocenters. The average molecular weight is 273 g/mol. The van der Waals surface area contributed by atoms with Gasteiger partial charge in [0.1, 0.15) is 0 Å². The summed E-state index contributed by atoms with van der Waals surface area (Å²) >= 11 is 0. The highest BCUT2D eigenvalue weighted by Crippen LogP contribution is 2.29. The molecule has 1 aliphatic carbocycles. The lowest BCUT2D eigenvalue weighted by Crippen LogP contribution is -2.48. The molecule has 1 saturated carbocycles. The van der Waals surface area contributed by atoms with E-state index in [4.69, 9.17) is 5.73 Å². The number of nitrogens with zero attached hydrogens (tertiary/aromatic N) is 1. The summed E-state index contributed by atoms with van der Waals surface area (Å²) in [7, 11) is 0. The van der Waals surface area contributed by atoms with E-state index in [1.165, 1.54) is 18.5 Å². The summed E-state index contributed by atoms with van der Waals surface area (Å²) in [4.78, 5) is 14.7. The van der Waals surface area contributed by atoms with Crippen LogP contribution in [0.2, 0.25) is 0 Å². The minimum atomic E-state index is -0.663. The number of nitrogens with two attached hydrogens (primary N) is 1. The lowest BCUT2D eigenvalue weighted by Gasteiger charge is -2.23. The van der Waals surface area contributed by atoms with E-state index in [9.17, 15) is 4.79 Å². The van der Waals surface area contributed by atoms with Gasteiger partial charge in [0, 0.05) is 24.5 Å². The third kappa shape index (κ3) is 2.66. The Morgan fingerprint density at radius 2 is 1.85 bits per heavy atom. The second-order valence-electron chi connectivity index (χ2n) is 6.06. The van der Waals surface area contributed by atoms with E-state index in [0.29, 0.717) is 0 Å². The van der Waals surface area contributed by atoms with E-state index in [1.54, 1.807) is 0 Å². The first-order chi connectivity index (χ1) is 9.67. The van der Waals surface area contributed by atoms with Gasteiger partial charge in [-0.1, -0.05) is 18.9 Å². The zero-order chi connectivity index (χ0) is 14.0. The van der Waals surface area contributed by atoms with Gasteiger partial charge in [-0.2, -0.15) is 0 Å². The largest absolute Gasteiger partial charge is 0.371 e. The molecule has 20 heavy (non-hydrogen) atoms. The van der Waals surface area contributed by atoms with Gasteiger partial charge in [-0.15, -0.1) is 0 Å². The third-order valence-corrected chi connectivity index (χ3v) is 4.52. The number of benzene rings is 1. The molecule has 1 aromatic carbocycles. The van der Waals surface area contributed by atoms with Crippen molar-refractivity contribution in [2.24, 2.45) is 5.73 Å². The lowest BCUT2D eigenvalue weighted by molar-refractivity contribution is -0.121. The van der Waals surface area contributed by atoms with E-state index in [2.05, 4.69) is 22.3 Å². The maximum Gasteiger partial charge on any atom is 0.244 e. The van der Waals surface area contributed by atoms with Crippen LogP contribution in [0.5, 0.6) is 0 Å². The monoisotopic (exact) mass is 273 g/mol. The quantitative estimate of drug-likeness (QED) is 0.889. The van der Waals surface area contributed by atoms with Gasteiger partial charge in [-0.05, 0) is 43.9 Å². The fraction of sp³-hybridized carbons (Fsp3) is 0.562. The van der Waals surface area contributed by atoms with Crippen LogP contribution in [-0.4, -0.2) is 24.5 Å². The van der Waals surface area contributed by atoms with Crippen LogP contribution in [0, 0.1) is 0 Å². The van der Waals surface area contributed by atoms with Crippen LogP contribution in [0.25, 0.3) is 0 Å². The molecule has 3 rings (SSSR count). The molecule has 0 radical (unpaired) electrons. The van der Waals surface area contributed by atoms with Gasteiger partial charge in [0.15, 0.2) is 0 Å². The van der Waals surface area contributed by atoms with E-state index >= 15 is 0 Å². The molecule has 2 aliphatic rings. The fourth-order valence-electron chi connectivity index (χ4n) is 3.24. The van der Waals surface area contributed by atoms with Crippen molar-refractivity contribution in [2.45, 2.75) is 44.1 Å². The SMILES string of the molecule is NC1(C(=O)Nc2cccc(N3CCCC3)c2)CCCC1. The molecule has 0 aromatic heterocycles. The Morgan fingerprint density at radius 3 is 2.55 bits per heavy atom. The predicted octanol–water partition coefficient (Wildman–Crippen LogP) is 2.50. The van der Waals surface area contributed by atoms with Gasteiger partial charge in [-0.25, -0.2) is 0 Å². The number of carbonyl (C=O) groups is 1. The second kappa shape index (κ2) is 5.44. The maximum atomic E-state index is 12.3. The summed E-state index contributed by atoms with van der Waals surface area (Å²) in [6, 6.07) is 8.10. The van der Waals surface area contributed by atoms with Crippen LogP contribution in [0.1, 0.15) is 38.5 Å². The first kappa shape index (κ1) is 13.4. The van der Waals surface area contributed by atoms with Crippen LogP contribution >= 0.6 is 0 Å². The van der Waals surface area contributed by atoms with Crippen LogP contribution in [0.4, 0.5) is 11.4 Å². The maximum absolute atomic E-state index is 12.3. The molecule has 108 valence electrons. The zero-order valence-corrected chi connectivity index (χ0v) is 11.9. The highest BCUT2D eigenvalue weighted by molar-refractivity contribution is 5.98. The van der Waals surface area contributed by atoms with E-state index in [-0.39, 0.29) is 5.91 Å². The molecule has 0 bridgehead atoms. The Morgan fingerprint density at radius 1 is 1.15 bits per heavy atom. The number of hydrogen-bond donors (Lipinski definition) is 2. The topological polar surface area (TPSA) is 58.4 Å². The summed E-state index contributed by atoms with van der Waals surface area (Å²) in [5.74, 6) is -0.0337. The van der Waals surface area contributed by atoms with Crippen molar-refractivity contribution in [3.8, 4) is 0 Å². The highest BCUT2D eigenvalue weighted by Gasteiger charge is 2.36. The zero-order valence-electron chi connectivity index (χ0n) is 11.9. The van der Waals surface area contributed by atoms with Gasteiger partial charge in [0.25, 0.3) is 0 Å². The van der Waals surface area contributed by atoms with Crippen LogP contribution in [-0.2, 0) is 4.79 Å². The van der Waals surface area contributed by atoms with Gasteiger partial charge in [0.2, 0.25) is 5.91 Å². The molecule has 1 amide bonds. The first-order valence-corrected chi connectivity index (χ1v) is 7.63. The number of nitrogens with one attached hydrogen (secondary N) is 1. The summed E-state index contributed by atoms with van der Waals surface area (Å²) in [6.45, 7) is 2.22. The van der Waals surface area contributed by atoms with Crippen molar-refractivity contribution >= 4 is 17.3 Å². The van der Waals surface area contributed by atoms with Crippen molar-refractivity contribution < 1.29 is 4.79 Å². The van der Waals surface area contributed by atoms with E-state index in [1.807, 2.05) is 12.1 Å². The van der Waals surface area contributed by atoms with Crippen molar-refractivity contribution in [2.75, 3.05) is 23.3 Å². The Hall–Kier alpha value is -1.55. The van der Waals surface area contributed by atoms with Crippen molar-refractivity contribution in [1.82, 2.24) is 0 Å². The molecule has 0 unspecified atom stereocenters. The molecule has 2 fully saturated rings. The standard InChI is InChI=1S/C16H23N3O/c17-16(8-1-2-9-16)15(20)18-13-6-5-7-14(12-13)19-10-3-4-11-19/h5-7,12H,1-4,8-11,17H2,(H,18,20). The van der Waals surface area contributed by atoms with Gasteiger partial charge >= 0.3 is 0 Å². The molecule has 1 saturated heterocycles. The molecule has 3 N–H and O–H groups in total. The minimum absolute atomic E-state index is 0.0337. The van der Waals surface area contributed by atoms with Crippen LogP contribution < -0.4 is 16.0 Å². The minimum Gasteiger partial charge on any atom is -0.371 e. The number of hydrogen-bond acceptors (Lipinski definition) is 3. The summed E-state index contributed by atoms with van der Waals surface area (Å²) in [5.41, 5.74) is 7.58. The van der Waals surface area contributed by atoms with Crippen molar-refractivity contribution in [3.05, 3.63) is 24.3 Å². The summed E-state index contributed by atoms with van der Waals surface area (Å²) in [5, 5.41) is 3.00. The molecule has 1 aliphatic heterocycles. The Balaban J connectivity index is 1.71. The molecular weight excluding hydrogens is 250 g/mol. The molecule has 4 heteroatoms. The normalized spacial score (nSPS) is 21.1. The molecular formula is C16H23N3O. The molecule has 1 aromatic rings. The molecule has 4 nitrogen and oxygen atoms in total. The predicted molar refractivity (Wildman–Crippen MR) is 81.9 cm³/mol. The number of carbonyl (C=O) groups excluding carboxylic acids is 1. The Bertz CT molecular complexity index is 488. The van der Waals surface area contributed by atoms with E-state index < -0.39 is 5.54 Å². The third-order valence-electron chi connectivity index (χ3n) is 4.52. The number of amides is 1. The van der Waals surface area contributed by atoms with Crippen molar-refractivity contribution in [3.63, 3.8) is 0 Å². The fourth-order valence-corrected chi connectivity index (χ4v) is 3.24. The smallest absolute Gasteiger partial charge is 0.244 e. The Kier molecular flexibility index (Phi) is 3.66. The van der Waals surface area contributed by atoms with E-state index in [0.717, 1.165) is 44.5 Å². The first-order valence-electron chi connectivity index (χ1n) is 7.63. The van der Waals surface area contributed by atoms with Gasteiger partial charge in [0.05, 0.1) is 5.54 Å². The van der Waals surface area contributed by atoms with Gasteiger partial charge < -0.3 is 16.0 Å². The van der Waals surface area contributed by atoms with Crippen LogP contribution in [0.15, 0.2) is 24.3 Å². The Labute approximate surface area is 120 Å². The average Bonchev–Trinajstić information content (AvgIpc) is 3.11. The summed E-state index contributed by atoms with van der Waals surface area (Å²) < 4.78 is 0. The van der Waals surface area contributed by atoms with Crippen LogP contribution in [0.3, 0.4) is 0 Å². The number of rotatable bonds is 3.